The summed E-state index contributed by atoms with van der Waals surface area (Å²) in [5, 5.41) is 0. The fourth-order valence-electron chi connectivity index (χ4n) is 0.412. The van der Waals surface area contributed by atoms with E-state index in [0.717, 1.165) is 0 Å². The van der Waals surface area contributed by atoms with Crippen LogP contribution < -0.4 is 0 Å². The molecule has 0 rings (SSSR count). The van der Waals surface area contributed by atoms with Crippen molar-refractivity contribution in [3.63, 3.8) is 0 Å². The molecule has 0 saturated heterocycles. The van der Waals surface area contributed by atoms with Crippen LogP contribution in [0.4, 0.5) is 17.6 Å². The van der Waals surface area contributed by atoms with E-state index >= 15 is 0 Å². The minimum atomic E-state index is -3.87. The van der Waals surface area contributed by atoms with Gasteiger partial charge in [-0.1, -0.05) is 0 Å². The highest BCUT2D eigenvalue weighted by atomic mass is 35.5. The Morgan fingerprint density at radius 1 is 1.30 bits per heavy atom. The van der Waals surface area contributed by atoms with Crippen LogP contribution in [0.15, 0.2) is 0 Å². The second-order valence-corrected chi connectivity index (χ2v) is 2.23. The molecule has 0 aliphatic heterocycles. The summed E-state index contributed by atoms with van der Waals surface area (Å²) in [4.78, 5) is 0. The average molecular weight is 179 g/mol. The van der Waals surface area contributed by atoms with Crippen molar-refractivity contribution in [2.24, 2.45) is 0 Å². The first-order valence-corrected chi connectivity index (χ1v) is 3.26. The Morgan fingerprint density at radius 3 is 2.10 bits per heavy atom. The lowest BCUT2D eigenvalue weighted by molar-refractivity contribution is -0.132. The largest absolute Gasteiger partial charge is 0.307 e. The molecule has 0 heterocycles. The van der Waals surface area contributed by atoms with Gasteiger partial charge in [-0.25, -0.2) is 17.6 Å². The number of hydrogen-bond acceptors (Lipinski definition) is 0. The molecule has 62 valence electrons. The molecule has 0 amide bonds. The van der Waals surface area contributed by atoms with E-state index in [1.165, 1.54) is 0 Å². The van der Waals surface area contributed by atoms with Crippen LogP contribution in [-0.2, 0) is 0 Å². The zero-order chi connectivity index (χ0) is 8.20. The number of rotatable bonds is 4. The van der Waals surface area contributed by atoms with E-state index in [1.54, 1.807) is 0 Å². The molecule has 0 saturated carbocycles. The van der Waals surface area contributed by atoms with Gasteiger partial charge in [-0.15, -0.1) is 11.6 Å². The van der Waals surface area contributed by atoms with Gasteiger partial charge >= 0.3 is 12.3 Å². The van der Waals surface area contributed by atoms with Crippen LogP contribution in [0, 0.1) is 0 Å². The minimum Gasteiger partial charge on any atom is -0.204 e. The van der Waals surface area contributed by atoms with E-state index < -0.39 is 18.8 Å². The third-order valence-electron chi connectivity index (χ3n) is 0.963. The number of halogens is 5. The predicted octanol–water partition coefficient (Wildman–Crippen LogP) is 2.91. The summed E-state index contributed by atoms with van der Waals surface area (Å²) in [7, 11) is 0. The van der Waals surface area contributed by atoms with Gasteiger partial charge in [0.25, 0.3) is 0 Å². The summed E-state index contributed by atoms with van der Waals surface area (Å²) in [5.41, 5.74) is 0. The van der Waals surface area contributed by atoms with Gasteiger partial charge in [0.2, 0.25) is 0 Å². The highest BCUT2D eigenvalue weighted by molar-refractivity contribution is 6.17. The Morgan fingerprint density at radius 2 is 1.80 bits per heavy atom. The lowest BCUT2D eigenvalue weighted by Gasteiger charge is -2.13. The Labute approximate surface area is 61.2 Å². The first kappa shape index (κ1) is 10.0. The summed E-state index contributed by atoms with van der Waals surface area (Å²) < 4.78 is 46.5. The molecule has 0 aromatic rings. The van der Waals surface area contributed by atoms with Crippen LogP contribution in [0.5, 0.6) is 0 Å². The third-order valence-corrected chi connectivity index (χ3v) is 1.23. The fraction of sp³-hybridized carbons (Fsp3) is 1.00. The fourth-order valence-corrected chi connectivity index (χ4v) is 0.545. The Kier molecular flexibility index (Phi) is 4.01. The molecule has 0 unspecified atom stereocenters. The Hall–Kier alpha value is 0.01000. The first-order chi connectivity index (χ1) is 4.50. The highest BCUT2D eigenvalue weighted by Gasteiger charge is 2.39. The molecule has 0 bridgehead atoms. The standard InChI is InChI=1S/C5H7ClF4/c6-3-1-2-5(9,10)4(7)8/h4H,1-3H2. The molecule has 0 aromatic heterocycles. The molecular formula is C5H7ClF4. The van der Waals surface area contributed by atoms with Crippen molar-refractivity contribution in [3.05, 3.63) is 0 Å². The van der Waals surface area contributed by atoms with Gasteiger partial charge < -0.3 is 0 Å². The first-order valence-electron chi connectivity index (χ1n) is 2.72. The van der Waals surface area contributed by atoms with Crippen molar-refractivity contribution in [1.29, 1.82) is 0 Å². The summed E-state index contributed by atoms with van der Waals surface area (Å²) in [6.45, 7) is 0. The molecule has 0 aromatic carbocycles. The predicted molar refractivity (Wildman–Crippen MR) is 30.9 cm³/mol. The topological polar surface area (TPSA) is 0 Å². The maximum absolute atomic E-state index is 11.9. The number of alkyl halides is 5. The van der Waals surface area contributed by atoms with E-state index in [4.69, 9.17) is 11.6 Å². The van der Waals surface area contributed by atoms with Gasteiger partial charge in [-0.2, -0.15) is 0 Å². The van der Waals surface area contributed by atoms with Crippen molar-refractivity contribution in [2.75, 3.05) is 5.88 Å². The maximum Gasteiger partial charge on any atom is 0.307 e. The molecular weight excluding hydrogens is 172 g/mol. The Balaban J connectivity index is 3.63. The monoisotopic (exact) mass is 178 g/mol. The molecule has 0 aliphatic rings. The van der Waals surface area contributed by atoms with Crippen molar-refractivity contribution < 1.29 is 17.6 Å². The van der Waals surface area contributed by atoms with Gasteiger partial charge in [0.15, 0.2) is 0 Å². The molecule has 0 aliphatic carbocycles. The molecule has 5 heteroatoms. The van der Waals surface area contributed by atoms with Crippen molar-refractivity contribution in [2.45, 2.75) is 25.2 Å². The van der Waals surface area contributed by atoms with Crippen LogP contribution >= 0.6 is 11.6 Å². The van der Waals surface area contributed by atoms with Crippen LogP contribution in [0.1, 0.15) is 12.8 Å². The Bertz CT molecular complexity index is 93.6. The SMILES string of the molecule is FC(F)C(F)(F)CCCCl. The van der Waals surface area contributed by atoms with Gasteiger partial charge in [0.1, 0.15) is 0 Å². The molecule has 10 heavy (non-hydrogen) atoms. The summed E-state index contributed by atoms with van der Waals surface area (Å²) in [5.74, 6) is -3.88. The zero-order valence-electron chi connectivity index (χ0n) is 5.09. The number of hydrogen-bond donors (Lipinski definition) is 0. The van der Waals surface area contributed by atoms with Crippen molar-refractivity contribution in [1.82, 2.24) is 0 Å². The van der Waals surface area contributed by atoms with Gasteiger partial charge in [-0.05, 0) is 6.42 Å². The third kappa shape index (κ3) is 3.25. The lowest BCUT2D eigenvalue weighted by atomic mass is 10.2. The van der Waals surface area contributed by atoms with E-state index in [1.807, 2.05) is 0 Å². The van der Waals surface area contributed by atoms with Crippen LogP contribution in [0.25, 0.3) is 0 Å². The quantitative estimate of drug-likeness (QED) is 0.459. The lowest BCUT2D eigenvalue weighted by Crippen LogP contribution is -2.26. The van der Waals surface area contributed by atoms with Gasteiger partial charge in [-0.3, -0.25) is 0 Å². The molecule has 0 atom stereocenters. The van der Waals surface area contributed by atoms with Crippen LogP contribution in [0.3, 0.4) is 0 Å². The minimum absolute atomic E-state index is 0.0116. The average Bonchev–Trinajstić information content (AvgIpc) is 1.84. The van der Waals surface area contributed by atoms with Crippen molar-refractivity contribution >= 4 is 11.6 Å². The molecule has 0 radical (unpaired) electrons. The summed E-state index contributed by atoms with van der Waals surface area (Å²) >= 11 is 5.03. The normalized spacial score (nSPS) is 12.6. The van der Waals surface area contributed by atoms with E-state index in [2.05, 4.69) is 0 Å². The van der Waals surface area contributed by atoms with Crippen molar-refractivity contribution in [3.8, 4) is 0 Å². The second-order valence-electron chi connectivity index (χ2n) is 1.85. The van der Waals surface area contributed by atoms with Gasteiger partial charge in [0.05, 0.1) is 0 Å². The smallest absolute Gasteiger partial charge is 0.204 e. The highest BCUT2D eigenvalue weighted by Crippen LogP contribution is 2.27. The maximum atomic E-state index is 11.9. The van der Waals surface area contributed by atoms with Gasteiger partial charge in [0, 0.05) is 12.3 Å². The van der Waals surface area contributed by atoms with E-state index in [0.29, 0.717) is 0 Å². The van der Waals surface area contributed by atoms with E-state index in [9.17, 15) is 17.6 Å². The van der Waals surface area contributed by atoms with Crippen LogP contribution in [-0.4, -0.2) is 18.2 Å². The molecule has 0 nitrogen and oxygen atoms in total. The molecule has 0 fully saturated rings. The zero-order valence-corrected chi connectivity index (χ0v) is 5.84. The summed E-state index contributed by atoms with van der Waals surface area (Å²) in [6.07, 6.45) is -4.50. The van der Waals surface area contributed by atoms with Crippen LogP contribution in [0.2, 0.25) is 0 Å². The summed E-state index contributed by atoms with van der Waals surface area (Å²) in [6, 6.07) is 0. The molecule has 0 spiro atoms. The van der Waals surface area contributed by atoms with E-state index in [-0.39, 0.29) is 12.3 Å². The second kappa shape index (κ2) is 4.01. The molecule has 0 N–H and O–H groups in total.